The van der Waals surface area contributed by atoms with Crippen molar-refractivity contribution in [3.8, 4) is 5.75 Å². The monoisotopic (exact) mass is 446 g/mol. The second kappa shape index (κ2) is 8.67. The zero-order valence-corrected chi connectivity index (χ0v) is 18.1. The zero-order valence-electron chi connectivity index (χ0n) is 18.1. The maximum atomic E-state index is 14.9. The summed E-state index contributed by atoms with van der Waals surface area (Å²) in [6.07, 6.45) is -0.167. The number of ether oxygens (including phenoxy) is 1. The lowest BCUT2D eigenvalue weighted by atomic mass is 9.90. The van der Waals surface area contributed by atoms with E-state index in [4.69, 9.17) is 9.57 Å². The minimum Gasteiger partial charge on any atom is -0.494 e. The third-order valence-electron chi connectivity index (χ3n) is 5.92. The minimum absolute atomic E-state index is 0.306. The van der Waals surface area contributed by atoms with E-state index in [0.717, 1.165) is 11.3 Å². The first-order valence-electron chi connectivity index (χ1n) is 11.0. The molecule has 2 amide bonds. The molecule has 2 aliphatic heterocycles. The predicted octanol–water partition coefficient (Wildman–Crippen LogP) is 4.67. The Morgan fingerprint density at radius 2 is 1.58 bits per heavy atom. The molecular weight excluding hydrogens is 423 g/mol. The maximum absolute atomic E-state index is 14.9. The molecule has 2 aliphatic rings. The molecule has 5 rings (SSSR count). The molecule has 0 bridgehead atoms. The summed E-state index contributed by atoms with van der Waals surface area (Å²) >= 11 is 0. The van der Waals surface area contributed by atoms with Gasteiger partial charge in [-0.05, 0) is 48.9 Å². The van der Waals surface area contributed by atoms with E-state index in [0.29, 0.717) is 29.3 Å². The van der Waals surface area contributed by atoms with Crippen molar-refractivity contribution in [2.75, 3.05) is 16.6 Å². The van der Waals surface area contributed by atoms with Crippen LogP contribution in [0.15, 0.2) is 78.9 Å². The van der Waals surface area contributed by atoms with Crippen molar-refractivity contribution in [3.63, 3.8) is 0 Å². The van der Waals surface area contributed by atoms with Gasteiger partial charge in [0.15, 0.2) is 6.10 Å². The highest BCUT2D eigenvalue weighted by Crippen LogP contribution is 2.48. The molecule has 7 heteroatoms. The molecule has 0 saturated carbocycles. The standard InChI is InChI=1S/C26H23FN2O4/c1-2-16-32-19-14-12-17(13-15-19)28-25(30)22-23(20-10-6-7-11-21(20)27)29(33-24(22)26(28)31)18-8-4-3-5-9-18/h3-15,22-24H,2,16H2,1H3/t22-,23-,24+/m0/s1. The number of para-hydroxylation sites is 1. The molecule has 3 atom stereocenters. The Balaban J connectivity index is 1.51. The molecule has 0 aliphatic carbocycles. The first-order valence-corrected chi connectivity index (χ1v) is 11.0. The van der Waals surface area contributed by atoms with E-state index in [9.17, 15) is 14.0 Å². The fourth-order valence-electron chi connectivity index (χ4n) is 4.41. The first-order chi connectivity index (χ1) is 16.1. The molecule has 0 radical (unpaired) electrons. The molecule has 168 valence electrons. The number of carbonyl (C=O) groups excluding carboxylic acids is 2. The van der Waals surface area contributed by atoms with Gasteiger partial charge in [0, 0.05) is 5.56 Å². The van der Waals surface area contributed by atoms with Crippen molar-refractivity contribution in [1.29, 1.82) is 0 Å². The van der Waals surface area contributed by atoms with E-state index in [2.05, 4.69) is 0 Å². The number of hydrogen-bond acceptors (Lipinski definition) is 5. The van der Waals surface area contributed by atoms with E-state index in [-0.39, 0.29) is 0 Å². The van der Waals surface area contributed by atoms with Gasteiger partial charge in [0.25, 0.3) is 5.91 Å². The van der Waals surface area contributed by atoms with Gasteiger partial charge in [-0.25, -0.2) is 14.4 Å². The number of hydroxylamine groups is 1. The van der Waals surface area contributed by atoms with E-state index in [1.165, 1.54) is 11.1 Å². The fraction of sp³-hybridized carbons (Fsp3) is 0.231. The number of benzene rings is 3. The SMILES string of the molecule is CCCOc1ccc(N2C(=O)[C@@H]3[C@@H](ON(c4ccccc4)[C@H]3c3ccccc3F)C2=O)cc1. The van der Waals surface area contributed by atoms with E-state index in [1.807, 2.05) is 25.1 Å². The summed E-state index contributed by atoms with van der Waals surface area (Å²) in [5.41, 5.74) is 1.38. The molecule has 2 fully saturated rings. The van der Waals surface area contributed by atoms with Gasteiger partial charge in [0.05, 0.1) is 24.0 Å². The van der Waals surface area contributed by atoms with Crippen molar-refractivity contribution in [2.45, 2.75) is 25.5 Å². The van der Waals surface area contributed by atoms with Crippen LogP contribution in [0.2, 0.25) is 0 Å². The second-order valence-corrected chi connectivity index (χ2v) is 8.03. The van der Waals surface area contributed by atoms with Crippen LogP contribution in [-0.4, -0.2) is 24.5 Å². The van der Waals surface area contributed by atoms with E-state index >= 15 is 0 Å². The van der Waals surface area contributed by atoms with Gasteiger partial charge in [-0.2, -0.15) is 0 Å². The van der Waals surface area contributed by atoms with Gasteiger partial charge in [0.2, 0.25) is 5.91 Å². The molecule has 0 N–H and O–H groups in total. The average molecular weight is 446 g/mol. The third-order valence-corrected chi connectivity index (χ3v) is 5.92. The summed E-state index contributed by atoms with van der Waals surface area (Å²) in [5.74, 6) is -1.56. The Kier molecular flexibility index (Phi) is 5.56. The molecule has 3 aromatic rings. The number of carbonyl (C=O) groups is 2. The Bertz CT molecular complexity index is 1170. The van der Waals surface area contributed by atoms with Gasteiger partial charge in [0.1, 0.15) is 17.5 Å². The normalized spacial score (nSPS) is 22.1. The molecule has 33 heavy (non-hydrogen) atoms. The number of amides is 2. The van der Waals surface area contributed by atoms with Gasteiger partial charge < -0.3 is 4.74 Å². The van der Waals surface area contributed by atoms with Crippen LogP contribution in [0.5, 0.6) is 5.75 Å². The predicted molar refractivity (Wildman–Crippen MR) is 121 cm³/mol. The molecule has 2 saturated heterocycles. The lowest BCUT2D eigenvalue weighted by molar-refractivity contribution is -0.126. The lowest BCUT2D eigenvalue weighted by Crippen LogP contribution is -2.37. The quantitative estimate of drug-likeness (QED) is 0.515. The fourth-order valence-corrected chi connectivity index (χ4v) is 4.41. The molecule has 0 aromatic heterocycles. The molecule has 0 unspecified atom stereocenters. The van der Waals surface area contributed by atoms with Crippen molar-refractivity contribution < 1.29 is 23.6 Å². The number of halogens is 1. The van der Waals surface area contributed by atoms with Crippen molar-refractivity contribution >= 4 is 23.2 Å². The Morgan fingerprint density at radius 1 is 0.879 bits per heavy atom. The van der Waals surface area contributed by atoms with Crippen LogP contribution in [0.1, 0.15) is 24.9 Å². The number of anilines is 2. The molecule has 3 aromatic carbocycles. The number of nitrogens with zero attached hydrogens (tertiary/aromatic N) is 2. The lowest BCUT2D eigenvalue weighted by Gasteiger charge is -2.29. The first kappa shape index (κ1) is 21.2. The van der Waals surface area contributed by atoms with Gasteiger partial charge in [-0.15, -0.1) is 0 Å². The molecular formula is C26H23FN2O4. The summed E-state index contributed by atoms with van der Waals surface area (Å²) in [7, 11) is 0. The topological polar surface area (TPSA) is 59.1 Å². The Labute approximate surface area is 191 Å². The van der Waals surface area contributed by atoms with Crippen LogP contribution in [-0.2, 0) is 14.4 Å². The summed E-state index contributed by atoms with van der Waals surface area (Å²) in [5, 5.41) is 1.49. The molecule has 6 nitrogen and oxygen atoms in total. The molecule has 0 spiro atoms. The third kappa shape index (κ3) is 3.64. The minimum atomic E-state index is -1.04. The van der Waals surface area contributed by atoms with Gasteiger partial charge in [-0.3, -0.25) is 14.4 Å². The summed E-state index contributed by atoms with van der Waals surface area (Å²) < 4.78 is 20.5. The Hall–Kier alpha value is -3.71. The van der Waals surface area contributed by atoms with Crippen LogP contribution < -0.4 is 14.7 Å². The van der Waals surface area contributed by atoms with E-state index < -0.39 is 35.7 Å². The van der Waals surface area contributed by atoms with E-state index in [1.54, 1.807) is 54.6 Å². The number of rotatable bonds is 6. The van der Waals surface area contributed by atoms with Crippen LogP contribution in [0.4, 0.5) is 15.8 Å². The number of imide groups is 1. The summed E-state index contributed by atoms with van der Waals surface area (Å²) in [6.45, 7) is 2.60. The second-order valence-electron chi connectivity index (χ2n) is 8.03. The van der Waals surface area contributed by atoms with Crippen LogP contribution in [0.25, 0.3) is 0 Å². The maximum Gasteiger partial charge on any atom is 0.266 e. The number of fused-ring (bicyclic) bond motifs is 1. The largest absolute Gasteiger partial charge is 0.494 e. The average Bonchev–Trinajstić information content (AvgIpc) is 3.35. The highest BCUT2D eigenvalue weighted by atomic mass is 19.1. The van der Waals surface area contributed by atoms with Gasteiger partial charge >= 0.3 is 0 Å². The zero-order chi connectivity index (χ0) is 22.9. The van der Waals surface area contributed by atoms with Crippen LogP contribution >= 0.6 is 0 Å². The van der Waals surface area contributed by atoms with Crippen molar-refractivity contribution in [1.82, 2.24) is 0 Å². The smallest absolute Gasteiger partial charge is 0.266 e. The van der Waals surface area contributed by atoms with Crippen LogP contribution in [0.3, 0.4) is 0 Å². The number of hydrogen-bond donors (Lipinski definition) is 0. The van der Waals surface area contributed by atoms with Crippen molar-refractivity contribution in [3.05, 3.63) is 90.2 Å². The van der Waals surface area contributed by atoms with Crippen molar-refractivity contribution in [2.24, 2.45) is 5.92 Å². The summed E-state index contributed by atoms with van der Waals surface area (Å²) in [6, 6.07) is 21.4. The summed E-state index contributed by atoms with van der Waals surface area (Å²) in [4.78, 5) is 34.1. The highest BCUT2D eigenvalue weighted by molar-refractivity contribution is 6.23. The Morgan fingerprint density at radius 3 is 2.27 bits per heavy atom. The highest BCUT2D eigenvalue weighted by Gasteiger charge is 2.60. The van der Waals surface area contributed by atoms with Crippen LogP contribution in [0, 0.1) is 11.7 Å². The molecule has 2 heterocycles. The van der Waals surface area contributed by atoms with Gasteiger partial charge in [-0.1, -0.05) is 43.3 Å².